The number of aryl methyl sites for hydroxylation is 4. The van der Waals surface area contributed by atoms with Gasteiger partial charge in [-0.05, 0) is 57.9 Å². The molecule has 0 atom stereocenters. The van der Waals surface area contributed by atoms with E-state index < -0.39 is 0 Å². The largest absolute Gasteiger partial charge is 0.378 e. The first-order valence-electron chi connectivity index (χ1n) is 15.7. The van der Waals surface area contributed by atoms with E-state index >= 15 is 0 Å². The lowest BCUT2D eigenvalue weighted by Crippen LogP contribution is -2.45. The number of piperidine rings is 1. The number of pyridine rings is 1. The van der Waals surface area contributed by atoms with Gasteiger partial charge < -0.3 is 14.5 Å². The van der Waals surface area contributed by atoms with Crippen LogP contribution in [0.15, 0.2) is 50.8 Å². The first kappa shape index (κ1) is 28.4. The summed E-state index contributed by atoms with van der Waals surface area (Å²) in [6.45, 7) is 11.3. The molecule has 2 saturated heterocycles. The third-order valence-electron chi connectivity index (χ3n) is 9.51. The summed E-state index contributed by atoms with van der Waals surface area (Å²) >= 11 is 0. The van der Waals surface area contributed by atoms with Gasteiger partial charge in [-0.15, -0.1) is 0 Å². The zero-order valence-electron chi connectivity index (χ0n) is 25.9. The first-order chi connectivity index (χ1) is 21.3. The monoisotopic (exact) mass is 597 g/mol. The Morgan fingerprint density at radius 3 is 2.16 bits per heavy atom. The van der Waals surface area contributed by atoms with Crippen LogP contribution in [0.5, 0.6) is 0 Å². The van der Waals surface area contributed by atoms with Gasteiger partial charge in [-0.1, -0.05) is 11.6 Å². The number of anilines is 2. The van der Waals surface area contributed by atoms with Crippen LogP contribution in [-0.2, 0) is 24.9 Å². The Morgan fingerprint density at radius 2 is 1.48 bits per heavy atom. The van der Waals surface area contributed by atoms with E-state index in [1.54, 1.807) is 11.6 Å². The van der Waals surface area contributed by atoms with Crippen LogP contribution in [0.2, 0.25) is 0 Å². The molecule has 0 saturated carbocycles. The maximum atomic E-state index is 13.6. The van der Waals surface area contributed by atoms with Crippen LogP contribution in [0.25, 0.3) is 32.8 Å². The highest BCUT2D eigenvalue weighted by atomic mass is 16.5. The maximum Gasteiger partial charge on any atom is 0.331 e. The number of ether oxygens (including phenoxy) is 1. The van der Waals surface area contributed by atoms with Gasteiger partial charge in [0, 0.05) is 69.5 Å². The van der Waals surface area contributed by atoms with Gasteiger partial charge in [-0.3, -0.25) is 23.1 Å². The standard InChI is InChI=1S/C33H39N7O4/c1-5-38-28-18-23-25(19-29(28)39(6-2)33(38)43)34-30(37-13-15-44-16-14-37)20-27(23)36-11-9-22(10-12-36)40-31(41)24-17-21(3)7-8-26(24)35(4)32(40)42/h7-8,17-20,22H,5-6,9-16H2,1-4H3. The molecule has 0 radical (unpaired) electrons. The predicted molar refractivity (Wildman–Crippen MR) is 175 cm³/mol. The van der Waals surface area contributed by atoms with Crippen molar-refractivity contribution in [2.24, 2.45) is 7.05 Å². The average Bonchev–Trinajstić information content (AvgIpc) is 3.31. The van der Waals surface area contributed by atoms with Crippen molar-refractivity contribution >= 4 is 44.3 Å². The highest BCUT2D eigenvalue weighted by Gasteiger charge is 2.27. The van der Waals surface area contributed by atoms with E-state index in [1.807, 2.05) is 48.1 Å². The molecule has 0 unspecified atom stereocenters. The Hall–Kier alpha value is -4.38. The molecule has 2 aliphatic rings. The van der Waals surface area contributed by atoms with Gasteiger partial charge in [0.15, 0.2) is 0 Å². The van der Waals surface area contributed by atoms with Gasteiger partial charge in [-0.25, -0.2) is 14.6 Å². The molecule has 11 heteroatoms. The Bertz CT molecular complexity index is 2090. The van der Waals surface area contributed by atoms with Crippen molar-refractivity contribution < 1.29 is 4.74 Å². The fourth-order valence-electron chi connectivity index (χ4n) is 7.11. The van der Waals surface area contributed by atoms with Gasteiger partial charge in [0.2, 0.25) is 0 Å². The summed E-state index contributed by atoms with van der Waals surface area (Å²) in [4.78, 5) is 50.0. The molecule has 0 N–H and O–H groups in total. The molecule has 2 aliphatic heterocycles. The van der Waals surface area contributed by atoms with Crippen LogP contribution in [0.3, 0.4) is 0 Å². The molecule has 5 aromatic rings. The van der Waals surface area contributed by atoms with Gasteiger partial charge in [0.25, 0.3) is 5.56 Å². The van der Waals surface area contributed by atoms with E-state index in [4.69, 9.17) is 9.72 Å². The van der Waals surface area contributed by atoms with Crippen molar-refractivity contribution in [1.29, 1.82) is 0 Å². The van der Waals surface area contributed by atoms with Crippen molar-refractivity contribution in [1.82, 2.24) is 23.3 Å². The second kappa shape index (κ2) is 11.0. The molecule has 0 bridgehead atoms. The Labute approximate surface area is 254 Å². The number of morpholine rings is 1. The highest BCUT2D eigenvalue weighted by molar-refractivity contribution is 6.01. The molecule has 7 rings (SSSR count). The van der Waals surface area contributed by atoms with Gasteiger partial charge >= 0.3 is 11.4 Å². The van der Waals surface area contributed by atoms with Crippen LogP contribution in [0.4, 0.5) is 11.5 Å². The summed E-state index contributed by atoms with van der Waals surface area (Å²) in [6.07, 6.45) is 1.33. The third kappa shape index (κ3) is 4.44. The number of nitrogens with zero attached hydrogens (tertiary/aromatic N) is 7. The molecule has 3 aromatic heterocycles. The number of rotatable bonds is 5. The minimum Gasteiger partial charge on any atom is -0.378 e. The summed E-state index contributed by atoms with van der Waals surface area (Å²) in [5.74, 6) is 0.896. The van der Waals surface area contributed by atoms with E-state index in [0.29, 0.717) is 63.1 Å². The molecule has 44 heavy (non-hydrogen) atoms. The SMILES string of the molecule is CCn1c(=O)n(CC)c2cc3c(N4CCC(n5c(=O)c6cc(C)ccc6n(C)c5=O)CC4)cc(N4CCOCC4)nc3cc21. The Morgan fingerprint density at radius 1 is 0.795 bits per heavy atom. The number of hydrogen-bond acceptors (Lipinski definition) is 7. The Balaban J connectivity index is 1.31. The molecule has 11 nitrogen and oxygen atoms in total. The second-order valence-electron chi connectivity index (χ2n) is 12.0. The fraction of sp³-hybridized carbons (Fsp3) is 0.455. The van der Waals surface area contributed by atoms with Crippen molar-refractivity contribution in [3.05, 3.63) is 73.3 Å². The average molecular weight is 598 g/mol. The van der Waals surface area contributed by atoms with Gasteiger partial charge in [0.1, 0.15) is 5.82 Å². The normalized spacial score (nSPS) is 16.5. The van der Waals surface area contributed by atoms with Gasteiger partial charge in [0.05, 0.1) is 40.7 Å². The maximum absolute atomic E-state index is 13.6. The molecule has 0 amide bonds. The summed E-state index contributed by atoms with van der Waals surface area (Å²) in [5, 5.41) is 1.58. The predicted octanol–water partition coefficient (Wildman–Crippen LogP) is 3.39. The van der Waals surface area contributed by atoms with Crippen LogP contribution in [0, 0.1) is 6.92 Å². The van der Waals surface area contributed by atoms with Crippen LogP contribution >= 0.6 is 0 Å². The number of fused-ring (bicyclic) bond motifs is 3. The van der Waals surface area contributed by atoms with Crippen LogP contribution in [0.1, 0.15) is 38.3 Å². The molecule has 2 aromatic carbocycles. The quantitative estimate of drug-likeness (QED) is 0.306. The molecule has 5 heterocycles. The molecule has 0 aliphatic carbocycles. The lowest BCUT2D eigenvalue weighted by Gasteiger charge is -2.36. The summed E-state index contributed by atoms with van der Waals surface area (Å²) in [5.41, 5.74) is 4.88. The van der Waals surface area contributed by atoms with Crippen molar-refractivity contribution in [3.8, 4) is 0 Å². The number of aromatic nitrogens is 5. The van der Waals surface area contributed by atoms with E-state index in [1.165, 1.54) is 4.57 Å². The number of hydrogen-bond donors (Lipinski definition) is 0. The molecule has 230 valence electrons. The lowest BCUT2D eigenvalue weighted by atomic mass is 10.0. The molecule has 0 spiro atoms. The zero-order valence-corrected chi connectivity index (χ0v) is 25.9. The number of imidazole rings is 1. The summed E-state index contributed by atoms with van der Waals surface area (Å²) < 4.78 is 12.3. The highest BCUT2D eigenvalue weighted by Crippen LogP contribution is 2.36. The van der Waals surface area contributed by atoms with Crippen molar-refractivity contribution in [2.45, 2.75) is 52.7 Å². The molecular formula is C33H39N7O4. The van der Waals surface area contributed by atoms with E-state index in [9.17, 15) is 14.4 Å². The topological polar surface area (TPSA) is 99.5 Å². The minimum atomic E-state index is -0.269. The lowest BCUT2D eigenvalue weighted by molar-refractivity contribution is 0.122. The Kier molecular flexibility index (Phi) is 7.07. The van der Waals surface area contributed by atoms with Crippen LogP contribution < -0.4 is 26.7 Å². The minimum absolute atomic E-state index is 0.00586. The zero-order chi connectivity index (χ0) is 30.7. The van der Waals surface area contributed by atoms with E-state index in [2.05, 4.69) is 28.0 Å². The third-order valence-corrected chi connectivity index (χ3v) is 9.51. The van der Waals surface area contributed by atoms with E-state index in [-0.39, 0.29) is 23.0 Å². The first-order valence-corrected chi connectivity index (χ1v) is 15.7. The summed E-state index contributed by atoms with van der Waals surface area (Å²) in [6, 6.07) is 11.8. The van der Waals surface area contributed by atoms with Crippen molar-refractivity contribution in [3.63, 3.8) is 0 Å². The van der Waals surface area contributed by atoms with Gasteiger partial charge in [-0.2, -0.15) is 0 Å². The number of benzene rings is 2. The summed E-state index contributed by atoms with van der Waals surface area (Å²) in [7, 11) is 1.74. The molecule has 2 fully saturated rings. The van der Waals surface area contributed by atoms with Crippen LogP contribution in [-0.4, -0.2) is 62.6 Å². The second-order valence-corrected chi connectivity index (χ2v) is 12.0. The van der Waals surface area contributed by atoms with E-state index in [0.717, 1.165) is 52.1 Å². The van der Waals surface area contributed by atoms with Crippen molar-refractivity contribution in [2.75, 3.05) is 49.2 Å². The molecular weight excluding hydrogens is 558 g/mol. The fourth-order valence-corrected chi connectivity index (χ4v) is 7.11. The smallest absolute Gasteiger partial charge is 0.331 e.